The lowest BCUT2D eigenvalue weighted by Crippen LogP contribution is -2.59. The molecule has 0 aliphatic carbocycles. The van der Waals surface area contributed by atoms with Crippen LogP contribution in [0.4, 0.5) is 0 Å². The van der Waals surface area contributed by atoms with Crippen molar-refractivity contribution in [1.29, 1.82) is 0 Å². The zero-order valence-corrected chi connectivity index (χ0v) is 20.6. The number of hydrogen-bond donors (Lipinski definition) is 9. The summed E-state index contributed by atoms with van der Waals surface area (Å²) in [4.78, 5) is 106. The van der Waals surface area contributed by atoms with Crippen molar-refractivity contribution in [2.24, 2.45) is 28.7 Å². The molecule has 0 fully saturated rings. The molecular formula is C20H33N9O9. The lowest BCUT2D eigenvalue weighted by molar-refractivity contribution is -0.136. The van der Waals surface area contributed by atoms with Gasteiger partial charge in [0.05, 0.1) is 12.8 Å². The van der Waals surface area contributed by atoms with Crippen LogP contribution in [0.3, 0.4) is 0 Å². The summed E-state index contributed by atoms with van der Waals surface area (Å²) in [5.74, 6) is -8.55. The minimum atomic E-state index is -1.67. The molecule has 0 aliphatic heterocycles. The summed E-state index contributed by atoms with van der Waals surface area (Å²) in [5, 5.41) is 8.78. The summed E-state index contributed by atoms with van der Waals surface area (Å²) >= 11 is 0. The molecule has 9 amide bonds. The Morgan fingerprint density at radius 3 is 1.21 bits per heavy atom. The van der Waals surface area contributed by atoms with E-state index in [2.05, 4.69) is 21.3 Å². The fraction of sp³-hybridized carbons (Fsp3) is 0.550. The van der Waals surface area contributed by atoms with Crippen LogP contribution in [0.2, 0.25) is 0 Å². The molecule has 0 rings (SSSR count). The van der Waals surface area contributed by atoms with Gasteiger partial charge in [-0.2, -0.15) is 0 Å². The molecule has 18 heteroatoms. The summed E-state index contributed by atoms with van der Waals surface area (Å²) < 4.78 is 0. The first-order valence-corrected chi connectivity index (χ1v) is 11.1. The molecule has 0 saturated heterocycles. The van der Waals surface area contributed by atoms with Gasteiger partial charge in [-0.15, -0.1) is 0 Å². The van der Waals surface area contributed by atoms with E-state index in [-0.39, 0.29) is 19.3 Å². The summed E-state index contributed by atoms with van der Waals surface area (Å²) in [6.07, 6.45) is -2.75. The van der Waals surface area contributed by atoms with Crippen LogP contribution >= 0.6 is 0 Å². The van der Waals surface area contributed by atoms with Crippen LogP contribution in [-0.2, 0) is 43.2 Å². The number of primary amides is 5. The van der Waals surface area contributed by atoms with Crippen molar-refractivity contribution in [2.75, 3.05) is 0 Å². The van der Waals surface area contributed by atoms with Gasteiger partial charge < -0.3 is 49.9 Å². The van der Waals surface area contributed by atoms with E-state index in [4.69, 9.17) is 28.7 Å². The predicted octanol–water partition coefficient (Wildman–Crippen LogP) is -6.29. The fourth-order valence-corrected chi connectivity index (χ4v) is 3.01. The highest BCUT2D eigenvalue weighted by molar-refractivity contribution is 5.97. The average Bonchev–Trinajstić information content (AvgIpc) is 2.76. The topological polar surface area (TPSA) is 332 Å². The summed E-state index contributed by atoms with van der Waals surface area (Å²) in [5.41, 5.74) is 25.5. The molecule has 0 radical (unpaired) electrons. The largest absolute Gasteiger partial charge is 0.370 e. The lowest BCUT2D eigenvalue weighted by atomic mass is 10.1. The van der Waals surface area contributed by atoms with Gasteiger partial charge in [0.25, 0.3) is 0 Å². The van der Waals surface area contributed by atoms with Gasteiger partial charge in [-0.05, 0) is 12.8 Å². The number of nitrogens with two attached hydrogens (primary N) is 5. The van der Waals surface area contributed by atoms with Gasteiger partial charge in [-0.25, -0.2) is 0 Å². The van der Waals surface area contributed by atoms with E-state index in [9.17, 15) is 43.2 Å². The minimum Gasteiger partial charge on any atom is -0.370 e. The first-order valence-electron chi connectivity index (χ1n) is 11.1. The second kappa shape index (κ2) is 16.1. The van der Waals surface area contributed by atoms with Crippen molar-refractivity contribution in [3.05, 3.63) is 0 Å². The minimum absolute atomic E-state index is 0.232. The summed E-state index contributed by atoms with van der Waals surface area (Å²) in [7, 11) is 0. The van der Waals surface area contributed by atoms with Crippen LogP contribution in [0.15, 0.2) is 0 Å². The Morgan fingerprint density at radius 1 is 0.500 bits per heavy atom. The van der Waals surface area contributed by atoms with Crippen molar-refractivity contribution < 1.29 is 43.2 Å². The molecule has 0 aromatic heterocycles. The Morgan fingerprint density at radius 2 is 0.842 bits per heavy atom. The highest BCUT2D eigenvalue weighted by Crippen LogP contribution is 2.04. The van der Waals surface area contributed by atoms with E-state index in [1.165, 1.54) is 0 Å². The number of rotatable bonds is 18. The quantitative estimate of drug-likeness (QED) is 0.0792. The van der Waals surface area contributed by atoms with Crippen LogP contribution in [0.25, 0.3) is 0 Å². The summed E-state index contributed by atoms with van der Waals surface area (Å²) in [6, 6.07) is -6.09. The Balaban J connectivity index is 5.83. The molecule has 0 bridgehead atoms. The normalized spacial score (nSPS) is 13.5. The Kier molecular flexibility index (Phi) is 14.1. The Labute approximate surface area is 216 Å². The van der Waals surface area contributed by atoms with Gasteiger partial charge in [-0.3, -0.25) is 43.2 Å². The van der Waals surface area contributed by atoms with Crippen LogP contribution in [0.1, 0.15) is 45.4 Å². The molecule has 14 N–H and O–H groups in total. The second-order valence-corrected chi connectivity index (χ2v) is 8.19. The van der Waals surface area contributed by atoms with Crippen molar-refractivity contribution in [2.45, 2.75) is 69.6 Å². The fourth-order valence-electron chi connectivity index (χ4n) is 3.01. The van der Waals surface area contributed by atoms with Crippen LogP contribution in [-0.4, -0.2) is 77.3 Å². The SMILES string of the molecule is CC(=O)NC(CCC(N)=O)C(=O)NC(CC(N)=O)C(=O)NC(CCC(N)=O)C(=O)NC(CC(N)=O)C(N)=O. The van der Waals surface area contributed by atoms with Crippen molar-refractivity contribution in [3.63, 3.8) is 0 Å². The van der Waals surface area contributed by atoms with E-state index in [1.54, 1.807) is 0 Å². The van der Waals surface area contributed by atoms with Gasteiger partial charge in [0.1, 0.15) is 24.2 Å². The van der Waals surface area contributed by atoms with Gasteiger partial charge in [-0.1, -0.05) is 0 Å². The molecule has 0 spiro atoms. The van der Waals surface area contributed by atoms with Crippen molar-refractivity contribution in [1.82, 2.24) is 21.3 Å². The molecule has 38 heavy (non-hydrogen) atoms. The molecule has 0 aromatic carbocycles. The Bertz CT molecular complexity index is 970. The first-order chi connectivity index (χ1) is 17.5. The number of hydrogen-bond acceptors (Lipinski definition) is 9. The van der Waals surface area contributed by atoms with Gasteiger partial charge in [0, 0.05) is 19.8 Å². The van der Waals surface area contributed by atoms with Crippen molar-refractivity contribution in [3.8, 4) is 0 Å². The van der Waals surface area contributed by atoms with E-state index in [0.29, 0.717) is 0 Å². The molecule has 0 aromatic rings. The van der Waals surface area contributed by atoms with E-state index < -0.39 is 96.6 Å². The number of amides is 9. The van der Waals surface area contributed by atoms with E-state index in [0.717, 1.165) is 6.92 Å². The third-order valence-electron chi connectivity index (χ3n) is 4.79. The zero-order chi connectivity index (χ0) is 29.6. The van der Waals surface area contributed by atoms with Crippen molar-refractivity contribution >= 4 is 53.2 Å². The van der Waals surface area contributed by atoms with E-state index >= 15 is 0 Å². The summed E-state index contributed by atoms with van der Waals surface area (Å²) in [6.45, 7) is 1.09. The molecule has 4 atom stereocenters. The molecule has 4 unspecified atom stereocenters. The molecule has 0 heterocycles. The van der Waals surface area contributed by atoms with Crippen LogP contribution < -0.4 is 49.9 Å². The van der Waals surface area contributed by atoms with Gasteiger partial charge in [0.2, 0.25) is 53.2 Å². The maximum atomic E-state index is 12.9. The standard InChI is InChI=1S/C20H33N9O9/c1-8(30)26-9(2-4-13(21)31)18(36)29-12(7-16(24)34)20(38)27-10(3-5-14(22)32)19(37)28-11(17(25)35)6-15(23)33/h9-12H,2-7H2,1H3,(H2,21,31)(H2,22,32)(H2,23,33)(H2,24,34)(H2,25,35)(H,26,30)(H,27,38)(H,28,37)(H,29,36). The van der Waals surface area contributed by atoms with Gasteiger partial charge >= 0.3 is 0 Å². The number of carbonyl (C=O) groups is 9. The van der Waals surface area contributed by atoms with E-state index in [1.807, 2.05) is 0 Å². The molecular weight excluding hydrogens is 510 g/mol. The first kappa shape index (κ1) is 33.2. The maximum Gasteiger partial charge on any atom is 0.243 e. The van der Waals surface area contributed by atoms with Crippen LogP contribution in [0, 0.1) is 0 Å². The maximum absolute atomic E-state index is 12.9. The molecule has 0 aliphatic rings. The van der Waals surface area contributed by atoms with Crippen LogP contribution in [0.5, 0.6) is 0 Å². The molecule has 0 saturated carbocycles. The van der Waals surface area contributed by atoms with Gasteiger partial charge in [0.15, 0.2) is 0 Å². The Hall–Kier alpha value is -4.77. The third-order valence-corrected chi connectivity index (χ3v) is 4.79. The molecule has 18 nitrogen and oxygen atoms in total. The molecule has 212 valence electrons. The zero-order valence-electron chi connectivity index (χ0n) is 20.6. The predicted molar refractivity (Wildman–Crippen MR) is 127 cm³/mol. The highest BCUT2D eigenvalue weighted by Gasteiger charge is 2.32. The number of nitrogens with one attached hydrogen (secondary N) is 4. The monoisotopic (exact) mass is 543 g/mol. The average molecular weight is 544 g/mol. The smallest absolute Gasteiger partial charge is 0.243 e. The second-order valence-electron chi connectivity index (χ2n) is 8.19. The third kappa shape index (κ3) is 14.0. The lowest BCUT2D eigenvalue weighted by Gasteiger charge is -2.25. The highest BCUT2D eigenvalue weighted by atomic mass is 16.2. The number of carbonyl (C=O) groups excluding carboxylic acids is 9.